The van der Waals surface area contributed by atoms with Crippen LogP contribution < -0.4 is 5.32 Å². The number of aromatic nitrogens is 2. The fourth-order valence-electron chi connectivity index (χ4n) is 2.26. The average molecular weight is 323 g/mol. The van der Waals surface area contributed by atoms with Gasteiger partial charge in [-0.15, -0.1) is 11.3 Å². The zero-order valence-corrected chi connectivity index (χ0v) is 13.6. The number of amides is 1. The number of aryl methyl sites for hydroxylation is 1. The number of hydrogen-bond donors (Lipinski definition) is 1. The van der Waals surface area contributed by atoms with Gasteiger partial charge in [-0.25, -0.2) is 4.98 Å². The van der Waals surface area contributed by atoms with E-state index in [0.717, 1.165) is 21.8 Å². The van der Waals surface area contributed by atoms with Gasteiger partial charge in [-0.3, -0.25) is 9.78 Å². The van der Waals surface area contributed by atoms with E-state index in [-0.39, 0.29) is 5.91 Å². The molecule has 0 saturated carbocycles. The van der Waals surface area contributed by atoms with Gasteiger partial charge in [-0.1, -0.05) is 29.8 Å². The molecule has 0 aliphatic heterocycles. The van der Waals surface area contributed by atoms with E-state index in [4.69, 9.17) is 0 Å². The van der Waals surface area contributed by atoms with Crippen LogP contribution in [0.5, 0.6) is 0 Å². The van der Waals surface area contributed by atoms with Gasteiger partial charge in [0.1, 0.15) is 5.01 Å². The van der Waals surface area contributed by atoms with E-state index in [1.165, 1.54) is 16.9 Å². The molecule has 1 amide bonds. The minimum Gasteiger partial charge on any atom is -0.352 e. The number of hydrogen-bond acceptors (Lipinski definition) is 4. The van der Waals surface area contributed by atoms with Crippen LogP contribution >= 0.6 is 11.3 Å². The molecule has 0 unspecified atom stereocenters. The van der Waals surface area contributed by atoms with Crippen LogP contribution in [0.4, 0.5) is 0 Å². The number of benzene rings is 1. The molecule has 0 atom stereocenters. The van der Waals surface area contributed by atoms with Crippen LogP contribution in [0.25, 0.3) is 10.6 Å². The monoisotopic (exact) mass is 323 g/mol. The van der Waals surface area contributed by atoms with Crippen molar-refractivity contribution in [3.05, 3.63) is 71.0 Å². The summed E-state index contributed by atoms with van der Waals surface area (Å²) >= 11 is 1.53. The SMILES string of the molecule is Cc1cccc(CNC(=O)Cc2csc(-c3cccnc3)n2)c1. The highest BCUT2D eigenvalue weighted by molar-refractivity contribution is 7.13. The third-order valence-electron chi connectivity index (χ3n) is 3.37. The summed E-state index contributed by atoms with van der Waals surface area (Å²) in [6, 6.07) is 12.0. The smallest absolute Gasteiger partial charge is 0.226 e. The highest BCUT2D eigenvalue weighted by atomic mass is 32.1. The van der Waals surface area contributed by atoms with Crippen LogP contribution in [0, 0.1) is 6.92 Å². The van der Waals surface area contributed by atoms with Crippen molar-refractivity contribution in [3.8, 4) is 10.6 Å². The van der Waals surface area contributed by atoms with Crippen molar-refractivity contribution in [1.29, 1.82) is 0 Å². The summed E-state index contributed by atoms with van der Waals surface area (Å²) in [5, 5.41) is 5.75. The molecular weight excluding hydrogens is 306 g/mol. The molecule has 3 rings (SSSR count). The predicted octanol–water partition coefficient (Wildman–Crippen LogP) is 3.37. The Bertz CT molecular complexity index is 799. The van der Waals surface area contributed by atoms with Crippen LogP contribution in [0.15, 0.2) is 54.2 Å². The minimum atomic E-state index is -0.0189. The molecule has 0 bridgehead atoms. The summed E-state index contributed by atoms with van der Waals surface area (Å²) in [5.41, 5.74) is 4.06. The van der Waals surface area contributed by atoms with E-state index in [2.05, 4.69) is 21.4 Å². The summed E-state index contributed by atoms with van der Waals surface area (Å²) < 4.78 is 0. The minimum absolute atomic E-state index is 0.0189. The lowest BCUT2D eigenvalue weighted by atomic mass is 10.1. The maximum atomic E-state index is 12.1. The fourth-order valence-corrected chi connectivity index (χ4v) is 3.07. The van der Waals surface area contributed by atoms with E-state index in [1.54, 1.807) is 12.4 Å². The van der Waals surface area contributed by atoms with Crippen LogP contribution in [-0.2, 0) is 17.8 Å². The third kappa shape index (κ3) is 4.23. The lowest BCUT2D eigenvalue weighted by Crippen LogP contribution is -2.24. The molecule has 2 heterocycles. The largest absolute Gasteiger partial charge is 0.352 e. The molecule has 23 heavy (non-hydrogen) atoms. The van der Waals surface area contributed by atoms with E-state index < -0.39 is 0 Å². The van der Waals surface area contributed by atoms with Gasteiger partial charge in [0.2, 0.25) is 5.91 Å². The first kappa shape index (κ1) is 15.4. The predicted molar refractivity (Wildman–Crippen MR) is 92.1 cm³/mol. The summed E-state index contributed by atoms with van der Waals surface area (Å²) in [4.78, 5) is 20.7. The molecule has 0 saturated heterocycles. The molecule has 0 radical (unpaired) electrons. The van der Waals surface area contributed by atoms with Crippen molar-refractivity contribution in [3.63, 3.8) is 0 Å². The molecule has 3 aromatic rings. The Balaban J connectivity index is 1.57. The maximum Gasteiger partial charge on any atom is 0.226 e. The standard InChI is InChI=1S/C18H17N3OS/c1-13-4-2-5-14(8-13)10-20-17(22)9-16-12-23-18(21-16)15-6-3-7-19-11-15/h2-8,11-12H,9-10H2,1H3,(H,20,22). The van der Waals surface area contributed by atoms with Crippen molar-refractivity contribution in [1.82, 2.24) is 15.3 Å². The fraction of sp³-hybridized carbons (Fsp3) is 0.167. The first-order valence-electron chi connectivity index (χ1n) is 7.38. The van der Waals surface area contributed by atoms with Gasteiger partial charge in [0, 0.05) is 29.9 Å². The number of nitrogens with zero attached hydrogens (tertiary/aromatic N) is 2. The number of carbonyl (C=O) groups excluding carboxylic acids is 1. The van der Waals surface area contributed by atoms with Crippen LogP contribution in [0.2, 0.25) is 0 Å². The van der Waals surface area contributed by atoms with E-state index >= 15 is 0 Å². The molecule has 1 N–H and O–H groups in total. The molecule has 0 aliphatic carbocycles. The maximum absolute atomic E-state index is 12.1. The molecule has 5 heteroatoms. The zero-order chi connectivity index (χ0) is 16.1. The molecule has 116 valence electrons. The molecule has 1 aromatic carbocycles. The number of pyridine rings is 1. The van der Waals surface area contributed by atoms with Gasteiger partial charge < -0.3 is 5.32 Å². The third-order valence-corrected chi connectivity index (χ3v) is 4.31. The molecule has 0 fully saturated rings. The number of nitrogens with one attached hydrogen (secondary N) is 1. The number of rotatable bonds is 5. The average Bonchev–Trinajstić information content (AvgIpc) is 3.02. The van der Waals surface area contributed by atoms with Gasteiger partial charge in [0.25, 0.3) is 0 Å². The van der Waals surface area contributed by atoms with Gasteiger partial charge in [0.15, 0.2) is 0 Å². The molecule has 0 spiro atoms. The van der Waals surface area contributed by atoms with Crippen molar-refractivity contribution < 1.29 is 4.79 Å². The van der Waals surface area contributed by atoms with E-state index in [1.807, 2.05) is 42.6 Å². The highest BCUT2D eigenvalue weighted by Crippen LogP contribution is 2.22. The summed E-state index contributed by atoms with van der Waals surface area (Å²) in [6.45, 7) is 2.58. The van der Waals surface area contributed by atoms with Gasteiger partial charge >= 0.3 is 0 Å². The topological polar surface area (TPSA) is 54.9 Å². The first-order chi connectivity index (χ1) is 11.2. The van der Waals surface area contributed by atoms with Crippen molar-refractivity contribution in [2.45, 2.75) is 19.9 Å². The second-order valence-electron chi connectivity index (χ2n) is 5.33. The van der Waals surface area contributed by atoms with Crippen molar-refractivity contribution in [2.75, 3.05) is 0 Å². The lowest BCUT2D eigenvalue weighted by molar-refractivity contribution is -0.120. The summed E-state index contributed by atoms with van der Waals surface area (Å²) in [7, 11) is 0. The Morgan fingerprint density at radius 2 is 2.17 bits per heavy atom. The molecule has 2 aromatic heterocycles. The summed E-state index contributed by atoms with van der Waals surface area (Å²) in [5.74, 6) is -0.0189. The molecule has 4 nitrogen and oxygen atoms in total. The number of thiazole rings is 1. The van der Waals surface area contributed by atoms with E-state index in [0.29, 0.717) is 13.0 Å². The Morgan fingerprint density at radius 1 is 1.26 bits per heavy atom. The van der Waals surface area contributed by atoms with Crippen LogP contribution in [0.1, 0.15) is 16.8 Å². The number of carbonyl (C=O) groups is 1. The second kappa shape index (κ2) is 7.15. The molecule has 0 aliphatic rings. The Kier molecular flexibility index (Phi) is 4.78. The first-order valence-corrected chi connectivity index (χ1v) is 8.26. The lowest BCUT2D eigenvalue weighted by Gasteiger charge is -2.05. The summed E-state index contributed by atoms with van der Waals surface area (Å²) in [6.07, 6.45) is 3.81. The van der Waals surface area contributed by atoms with Gasteiger partial charge in [0.05, 0.1) is 12.1 Å². The quantitative estimate of drug-likeness (QED) is 0.783. The van der Waals surface area contributed by atoms with E-state index in [9.17, 15) is 4.79 Å². The molecular formula is C18H17N3OS. The van der Waals surface area contributed by atoms with Crippen molar-refractivity contribution >= 4 is 17.2 Å². The van der Waals surface area contributed by atoms with Crippen molar-refractivity contribution in [2.24, 2.45) is 0 Å². The Morgan fingerprint density at radius 3 is 2.96 bits per heavy atom. The Labute approximate surface area is 139 Å². The highest BCUT2D eigenvalue weighted by Gasteiger charge is 2.09. The second-order valence-corrected chi connectivity index (χ2v) is 6.19. The van der Waals surface area contributed by atoms with Crippen LogP contribution in [-0.4, -0.2) is 15.9 Å². The zero-order valence-electron chi connectivity index (χ0n) is 12.8. The van der Waals surface area contributed by atoms with Crippen LogP contribution in [0.3, 0.4) is 0 Å². The van der Waals surface area contributed by atoms with Gasteiger partial charge in [-0.2, -0.15) is 0 Å². The van der Waals surface area contributed by atoms with Gasteiger partial charge in [-0.05, 0) is 24.6 Å². The Hall–Kier alpha value is -2.53. The normalized spacial score (nSPS) is 10.5.